The first kappa shape index (κ1) is 17.6. The number of benzene rings is 1. The van der Waals surface area contributed by atoms with Gasteiger partial charge in [0, 0.05) is 24.8 Å². The van der Waals surface area contributed by atoms with Crippen molar-refractivity contribution in [3.63, 3.8) is 0 Å². The topological polar surface area (TPSA) is 61.0 Å². The normalized spacial score (nSPS) is 17.4. The van der Waals surface area contributed by atoms with Crippen LogP contribution in [0.3, 0.4) is 0 Å². The zero-order chi connectivity index (χ0) is 17.6. The highest BCUT2D eigenvalue weighted by molar-refractivity contribution is 5.81. The van der Waals surface area contributed by atoms with Crippen molar-refractivity contribution in [2.75, 3.05) is 20.1 Å². The van der Waals surface area contributed by atoms with Crippen LogP contribution in [0.2, 0.25) is 0 Å². The van der Waals surface area contributed by atoms with E-state index in [0.717, 1.165) is 55.6 Å². The molecule has 1 aliphatic rings. The van der Waals surface area contributed by atoms with E-state index in [1.807, 2.05) is 24.1 Å². The van der Waals surface area contributed by atoms with Crippen molar-refractivity contribution < 1.29 is 9.18 Å². The summed E-state index contributed by atoms with van der Waals surface area (Å²) in [7, 11) is 1.86. The second-order valence-electron chi connectivity index (χ2n) is 6.65. The van der Waals surface area contributed by atoms with E-state index in [9.17, 15) is 9.18 Å². The number of carbonyl (C=O) groups excluding carboxylic acids is 1. The van der Waals surface area contributed by atoms with Crippen LogP contribution in [0.1, 0.15) is 31.4 Å². The monoisotopic (exact) mass is 344 g/mol. The van der Waals surface area contributed by atoms with Crippen LogP contribution in [0.5, 0.6) is 0 Å². The summed E-state index contributed by atoms with van der Waals surface area (Å²) in [5, 5.41) is 10.5. The minimum absolute atomic E-state index is 0.0227. The summed E-state index contributed by atoms with van der Waals surface area (Å²) >= 11 is 0. The fourth-order valence-corrected chi connectivity index (χ4v) is 3.23. The molecule has 0 spiro atoms. The Kier molecular flexibility index (Phi) is 5.81. The van der Waals surface area contributed by atoms with E-state index >= 15 is 0 Å². The predicted octanol–water partition coefficient (Wildman–Crippen LogP) is 2.75. The zero-order valence-electron chi connectivity index (χ0n) is 14.6. The van der Waals surface area contributed by atoms with Gasteiger partial charge in [-0.2, -0.15) is 5.10 Å². The van der Waals surface area contributed by atoms with Crippen molar-refractivity contribution in [2.45, 2.75) is 38.1 Å². The fourth-order valence-electron chi connectivity index (χ4n) is 3.23. The number of likely N-dealkylation sites (N-methyl/N-ethyl adjacent to an activating group) is 1. The summed E-state index contributed by atoms with van der Waals surface area (Å²) in [5.74, 6) is -0.0803. The number of nitrogens with one attached hydrogen (secondary N) is 2. The van der Waals surface area contributed by atoms with E-state index in [4.69, 9.17) is 0 Å². The molecule has 2 aromatic rings. The van der Waals surface area contributed by atoms with Gasteiger partial charge in [-0.15, -0.1) is 0 Å². The molecular formula is C19H25FN4O. The number of hydrogen-bond donors (Lipinski definition) is 2. The number of rotatable bonds is 6. The number of aromatic nitrogens is 2. The Morgan fingerprint density at radius 3 is 3.00 bits per heavy atom. The van der Waals surface area contributed by atoms with E-state index in [1.54, 1.807) is 6.07 Å². The Hall–Kier alpha value is -2.21. The number of hydrogen-bond acceptors (Lipinski definition) is 3. The van der Waals surface area contributed by atoms with Gasteiger partial charge in [0.15, 0.2) is 0 Å². The van der Waals surface area contributed by atoms with Crippen LogP contribution in [-0.2, 0) is 11.2 Å². The molecule has 0 saturated carbocycles. The third-order valence-electron chi connectivity index (χ3n) is 4.68. The number of aromatic amines is 1. The van der Waals surface area contributed by atoms with Crippen LogP contribution >= 0.6 is 0 Å². The molecule has 3 rings (SSSR count). The minimum Gasteiger partial charge on any atom is -0.344 e. The molecule has 1 aliphatic heterocycles. The maximum Gasteiger partial charge on any atom is 0.239 e. The summed E-state index contributed by atoms with van der Waals surface area (Å²) < 4.78 is 13.3. The number of amides is 1. The molecule has 1 atom stereocenters. The van der Waals surface area contributed by atoms with Crippen LogP contribution in [-0.4, -0.2) is 47.2 Å². The first-order valence-corrected chi connectivity index (χ1v) is 8.92. The largest absolute Gasteiger partial charge is 0.344 e. The van der Waals surface area contributed by atoms with Crippen molar-refractivity contribution in [3.05, 3.63) is 41.8 Å². The molecule has 2 heterocycles. The third kappa shape index (κ3) is 4.66. The van der Waals surface area contributed by atoms with Crippen LogP contribution < -0.4 is 5.32 Å². The third-order valence-corrected chi connectivity index (χ3v) is 4.68. The quantitative estimate of drug-likeness (QED) is 0.847. The maximum absolute atomic E-state index is 13.3. The van der Waals surface area contributed by atoms with Gasteiger partial charge < -0.3 is 10.2 Å². The molecule has 1 fully saturated rings. The lowest BCUT2D eigenvalue weighted by Crippen LogP contribution is -2.47. The van der Waals surface area contributed by atoms with E-state index in [1.165, 1.54) is 12.1 Å². The van der Waals surface area contributed by atoms with Crippen molar-refractivity contribution in [3.8, 4) is 11.3 Å². The molecule has 25 heavy (non-hydrogen) atoms. The Bertz CT molecular complexity index is 709. The lowest BCUT2D eigenvalue weighted by atomic mass is 10.0. The van der Waals surface area contributed by atoms with Crippen LogP contribution in [0.15, 0.2) is 30.3 Å². The first-order valence-electron chi connectivity index (χ1n) is 8.92. The molecule has 6 heteroatoms. The molecule has 5 nitrogen and oxygen atoms in total. The van der Waals surface area contributed by atoms with Gasteiger partial charge in [-0.25, -0.2) is 4.39 Å². The summed E-state index contributed by atoms with van der Waals surface area (Å²) in [5.41, 5.74) is 2.50. The van der Waals surface area contributed by atoms with E-state index in [0.29, 0.717) is 6.54 Å². The lowest BCUT2D eigenvalue weighted by Gasteiger charge is -2.27. The maximum atomic E-state index is 13.3. The summed E-state index contributed by atoms with van der Waals surface area (Å²) in [6.07, 6.45) is 4.87. The lowest BCUT2D eigenvalue weighted by molar-refractivity contribution is -0.132. The van der Waals surface area contributed by atoms with E-state index in [-0.39, 0.29) is 17.8 Å². The minimum atomic E-state index is -0.265. The average Bonchev–Trinajstić information content (AvgIpc) is 3.11. The van der Waals surface area contributed by atoms with E-state index < -0.39 is 0 Å². The average molecular weight is 344 g/mol. The molecule has 1 saturated heterocycles. The summed E-state index contributed by atoms with van der Waals surface area (Å²) in [4.78, 5) is 14.2. The molecular weight excluding hydrogens is 319 g/mol. The van der Waals surface area contributed by atoms with Crippen molar-refractivity contribution >= 4 is 5.91 Å². The zero-order valence-corrected chi connectivity index (χ0v) is 14.6. The number of H-pyrrole nitrogens is 1. The van der Waals surface area contributed by atoms with Crippen LogP contribution in [0.4, 0.5) is 4.39 Å². The first-order chi connectivity index (χ1) is 12.1. The van der Waals surface area contributed by atoms with Gasteiger partial charge in [-0.05, 0) is 50.4 Å². The molecule has 0 aliphatic carbocycles. The van der Waals surface area contributed by atoms with Gasteiger partial charge in [-0.3, -0.25) is 9.89 Å². The Labute approximate surface area is 147 Å². The summed E-state index contributed by atoms with van der Waals surface area (Å²) in [6.45, 7) is 1.65. The van der Waals surface area contributed by atoms with Gasteiger partial charge in [-0.1, -0.05) is 18.6 Å². The van der Waals surface area contributed by atoms with Gasteiger partial charge in [0.05, 0.1) is 11.7 Å². The molecule has 134 valence electrons. The van der Waals surface area contributed by atoms with Gasteiger partial charge in [0.1, 0.15) is 5.82 Å². The molecule has 0 bridgehead atoms. The smallest absolute Gasteiger partial charge is 0.239 e. The molecule has 2 N–H and O–H groups in total. The second-order valence-corrected chi connectivity index (χ2v) is 6.65. The number of halogens is 1. The van der Waals surface area contributed by atoms with Gasteiger partial charge in [0.25, 0.3) is 0 Å². The predicted molar refractivity (Wildman–Crippen MR) is 95.6 cm³/mol. The summed E-state index contributed by atoms with van der Waals surface area (Å²) in [6, 6.07) is 8.34. The van der Waals surface area contributed by atoms with Crippen LogP contribution in [0.25, 0.3) is 11.3 Å². The number of nitrogens with zero attached hydrogens (tertiary/aromatic N) is 2. The number of piperidine rings is 1. The highest BCUT2D eigenvalue weighted by Crippen LogP contribution is 2.19. The van der Waals surface area contributed by atoms with Crippen LogP contribution in [0, 0.1) is 5.82 Å². The molecule has 1 unspecified atom stereocenters. The number of carbonyl (C=O) groups is 1. The molecule has 1 aromatic heterocycles. The Morgan fingerprint density at radius 1 is 1.36 bits per heavy atom. The Balaban J connectivity index is 1.48. The van der Waals surface area contributed by atoms with E-state index in [2.05, 4.69) is 15.5 Å². The number of aryl methyl sites for hydroxylation is 1. The standard InChI is InChI=1S/C19H25FN4O/c1-24(19(25)17-9-2-3-10-21-17)11-5-8-16-13-18(23-22-16)14-6-4-7-15(20)12-14/h4,6-7,12-13,17,21H,2-3,5,8-11H2,1H3,(H,22,23). The molecule has 1 amide bonds. The van der Waals surface area contributed by atoms with Crippen molar-refractivity contribution in [2.24, 2.45) is 0 Å². The van der Waals surface area contributed by atoms with Crippen molar-refractivity contribution in [1.82, 2.24) is 20.4 Å². The van der Waals surface area contributed by atoms with Crippen molar-refractivity contribution in [1.29, 1.82) is 0 Å². The molecule has 1 aromatic carbocycles. The SMILES string of the molecule is CN(CCCc1cc(-c2cccc(F)c2)n[nH]1)C(=O)C1CCCCN1. The fraction of sp³-hybridized carbons (Fsp3) is 0.474. The second kappa shape index (κ2) is 8.25. The molecule has 0 radical (unpaired) electrons. The Morgan fingerprint density at radius 2 is 2.24 bits per heavy atom. The van der Waals surface area contributed by atoms with Gasteiger partial charge in [0.2, 0.25) is 5.91 Å². The van der Waals surface area contributed by atoms with Gasteiger partial charge >= 0.3 is 0 Å². The highest BCUT2D eigenvalue weighted by atomic mass is 19.1. The highest BCUT2D eigenvalue weighted by Gasteiger charge is 2.23.